The van der Waals surface area contributed by atoms with E-state index in [0.717, 1.165) is 12.8 Å². The molecule has 0 heterocycles. The second kappa shape index (κ2) is 16.1. The number of carbonyl (C=O) groups excluding carboxylic acids is 3. The summed E-state index contributed by atoms with van der Waals surface area (Å²) in [5.74, 6) is -0.653. The van der Waals surface area contributed by atoms with Crippen molar-refractivity contribution in [3.05, 3.63) is 0 Å². The lowest BCUT2D eigenvalue weighted by molar-refractivity contribution is -0.133. The summed E-state index contributed by atoms with van der Waals surface area (Å²) in [5.41, 5.74) is 22.0. The summed E-state index contributed by atoms with van der Waals surface area (Å²) in [6, 6.07) is -1.17. The summed E-state index contributed by atoms with van der Waals surface area (Å²) in [6.07, 6.45) is 3.88. The number of hydrogen-bond acceptors (Lipinski definition) is 8. The summed E-state index contributed by atoms with van der Waals surface area (Å²) >= 11 is 0. The average Bonchev–Trinajstić information content (AvgIpc) is 2.71. The van der Waals surface area contributed by atoms with Crippen molar-refractivity contribution in [1.29, 1.82) is 0 Å². The van der Waals surface area contributed by atoms with Crippen LogP contribution in [0.5, 0.6) is 0 Å². The van der Waals surface area contributed by atoms with E-state index in [9.17, 15) is 14.4 Å². The zero-order valence-corrected chi connectivity index (χ0v) is 19.5. The first-order chi connectivity index (χ1) is 14.5. The molecule has 182 valence electrons. The molecule has 11 N–H and O–H groups in total. The van der Waals surface area contributed by atoms with Gasteiger partial charge in [-0.05, 0) is 58.2 Å². The number of hydrogen-bond donors (Lipinski definition) is 7. The van der Waals surface area contributed by atoms with Crippen LogP contribution in [0.1, 0.15) is 65.7 Å². The topological polar surface area (TPSA) is 191 Å². The van der Waals surface area contributed by atoms with Crippen molar-refractivity contribution in [2.45, 2.75) is 84.0 Å². The third-order valence-electron chi connectivity index (χ3n) is 4.92. The highest BCUT2D eigenvalue weighted by molar-refractivity contribution is 5.93. The molecule has 0 bridgehead atoms. The third-order valence-corrected chi connectivity index (χ3v) is 4.92. The maximum atomic E-state index is 12.8. The molecule has 0 fully saturated rings. The molecule has 31 heavy (non-hydrogen) atoms. The maximum absolute atomic E-state index is 12.8. The molecule has 0 aromatic carbocycles. The lowest BCUT2D eigenvalue weighted by atomic mass is 9.84. The van der Waals surface area contributed by atoms with Gasteiger partial charge in [0, 0.05) is 12.0 Å². The van der Waals surface area contributed by atoms with Crippen LogP contribution in [0.25, 0.3) is 0 Å². The Labute approximate surface area is 187 Å². The molecule has 0 aliphatic rings. The number of amides is 2. The molecule has 0 aliphatic heterocycles. The van der Waals surface area contributed by atoms with Crippen LogP contribution in [0.2, 0.25) is 0 Å². The Kier molecular flexibility index (Phi) is 15.3. The largest absolute Gasteiger partial charge is 0.355 e. The van der Waals surface area contributed by atoms with Crippen molar-refractivity contribution in [2.24, 2.45) is 28.3 Å². The Hall–Kier alpha value is -1.59. The predicted octanol–water partition coefficient (Wildman–Crippen LogP) is -0.948. The molecule has 0 aromatic rings. The van der Waals surface area contributed by atoms with E-state index in [1.807, 2.05) is 20.8 Å². The zero-order valence-electron chi connectivity index (χ0n) is 19.5. The van der Waals surface area contributed by atoms with E-state index in [2.05, 4.69) is 16.0 Å². The highest BCUT2D eigenvalue weighted by Gasteiger charge is 2.31. The number of ketones is 1. The summed E-state index contributed by atoms with van der Waals surface area (Å²) in [4.78, 5) is 37.2. The Balaban J connectivity index is 4.52. The number of unbranched alkanes of at least 4 members (excludes halogenated alkanes) is 2. The highest BCUT2D eigenvalue weighted by atomic mass is 16.2. The zero-order chi connectivity index (χ0) is 23.9. The number of nitrogens with two attached hydrogens (primary N) is 4. The van der Waals surface area contributed by atoms with Crippen molar-refractivity contribution < 1.29 is 14.4 Å². The second-order valence-electron chi connectivity index (χ2n) is 8.93. The van der Waals surface area contributed by atoms with Crippen LogP contribution in [0, 0.1) is 5.41 Å². The number of carbonyl (C=O) groups is 3. The van der Waals surface area contributed by atoms with Gasteiger partial charge in [-0.15, -0.1) is 0 Å². The van der Waals surface area contributed by atoms with E-state index in [-0.39, 0.29) is 11.7 Å². The fourth-order valence-corrected chi connectivity index (χ4v) is 2.96. The molecule has 0 saturated carbocycles. The van der Waals surface area contributed by atoms with E-state index < -0.39 is 29.6 Å². The molecule has 0 rings (SSSR count). The molecule has 0 unspecified atom stereocenters. The first kappa shape index (κ1) is 29.4. The number of nitrogens with one attached hydrogen (secondary N) is 3. The fourth-order valence-electron chi connectivity index (χ4n) is 2.96. The van der Waals surface area contributed by atoms with Gasteiger partial charge in [-0.1, -0.05) is 27.2 Å². The van der Waals surface area contributed by atoms with Gasteiger partial charge in [-0.3, -0.25) is 19.7 Å². The average molecular weight is 444 g/mol. The lowest BCUT2D eigenvalue weighted by Crippen LogP contribution is -2.55. The van der Waals surface area contributed by atoms with Gasteiger partial charge in [0.25, 0.3) is 5.91 Å². The second-order valence-corrected chi connectivity index (χ2v) is 8.93. The molecule has 3 atom stereocenters. The molecule has 10 heteroatoms. The van der Waals surface area contributed by atoms with Gasteiger partial charge in [0.2, 0.25) is 5.91 Å². The van der Waals surface area contributed by atoms with Crippen LogP contribution in [0.3, 0.4) is 0 Å². The summed E-state index contributed by atoms with van der Waals surface area (Å²) in [6.45, 7) is 7.54. The standard InChI is InChI=1S/C21H45N7O3/c1-21(2,3)17(29)16(28-20(31)18(25)26-14-8-12-23)10-5-7-13-27-19(30)15(24)9-4-6-11-22/h15-16,18,26H,4-14,22-25H2,1-3H3,(H,27,30)(H,28,31)/t15-,16-,18-/m0/s1. The summed E-state index contributed by atoms with van der Waals surface area (Å²) < 4.78 is 0. The van der Waals surface area contributed by atoms with E-state index in [4.69, 9.17) is 22.9 Å². The lowest BCUT2D eigenvalue weighted by Gasteiger charge is -2.27. The first-order valence-corrected chi connectivity index (χ1v) is 11.3. The molecule has 2 amide bonds. The van der Waals surface area contributed by atoms with Crippen molar-refractivity contribution in [2.75, 3.05) is 26.2 Å². The molecule has 0 radical (unpaired) electrons. The summed E-state index contributed by atoms with van der Waals surface area (Å²) in [5, 5.41) is 8.49. The molecular weight excluding hydrogens is 398 g/mol. The highest BCUT2D eigenvalue weighted by Crippen LogP contribution is 2.19. The van der Waals surface area contributed by atoms with Crippen LogP contribution < -0.4 is 38.9 Å². The smallest absolute Gasteiger partial charge is 0.252 e. The van der Waals surface area contributed by atoms with Crippen LogP contribution in [0.4, 0.5) is 0 Å². The van der Waals surface area contributed by atoms with Crippen LogP contribution >= 0.6 is 0 Å². The van der Waals surface area contributed by atoms with Gasteiger partial charge in [0.15, 0.2) is 5.78 Å². The van der Waals surface area contributed by atoms with Crippen molar-refractivity contribution >= 4 is 17.6 Å². The van der Waals surface area contributed by atoms with Gasteiger partial charge >= 0.3 is 0 Å². The minimum absolute atomic E-state index is 0.0547. The SMILES string of the molecule is CC(C)(C)C(=O)[C@H](CCCCNC(=O)[C@@H](N)CCCCN)NC(=O)[C@@H](N)NCCCN. The normalized spacial score (nSPS) is 14.5. The Morgan fingerprint density at radius 3 is 2.00 bits per heavy atom. The van der Waals surface area contributed by atoms with E-state index >= 15 is 0 Å². The van der Waals surface area contributed by atoms with Crippen LogP contribution in [0.15, 0.2) is 0 Å². The monoisotopic (exact) mass is 443 g/mol. The van der Waals surface area contributed by atoms with E-state index in [1.54, 1.807) is 0 Å². The Morgan fingerprint density at radius 2 is 1.42 bits per heavy atom. The van der Waals surface area contributed by atoms with Crippen LogP contribution in [-0.2, 0) is 14.4 Å². The maximum Gasteiger partial charge on any atom is 0.252 e. The molecule has 0 aliphatic carbocycles. The Bertz CT molecular complexity index is 538. The van der Waals surface area contributed by atoms with Gasteiger partial charge < -0.3 is 33.6 Å². The predicted molar refractivity (Wildman–Crippen MR) is 124 cm³/mol. The van der Waals surface area contributed by atoms with Crippen molar-refractivity contribution in [3.8, 4) is 0 Å². The van der Waals surface area contributed by atoms with E-state index in [1.165, 1.54) is 0 Å². The molecule has 0 spiro atoms. The molecular formula is C21H45N7O3. The fraction of sp³-hybridized carbons (Fsp3) is 0.857. The molecule has 10 nitrogen and oxygen atoms in total. The number of Topliss-reactive ketones (excluding diaryl/α,β-unsaturated/α-hetero) is 1. The van der Waals surface area contributed by atoms with Gasteiger partial charge in [-0.2, -0.15) is 0 Å². The van der Waals surface area contributed by atoms with Crippen molar-refractivity contribution in [1.82, 2.24) is 16.0 Å². The Morgan fingerprint density at radius 1 is 0.806 bits per heavy atom. The van der Waals surface area contributed by atoms with Gasteiger partial charge in [0.05, 0.1) is 12.1 Å². The molecule has 0 aromatic heterocycles. The minimum atomic E-state index is -0.901. The third kappa shape index (κ3) is 13.4. The van der Waals surface area contributed by atoms with Gasteiger partial charge in [0.1, 0.15) is 6.17 Å². The first-order valence-electron chi connectivity index (χ1n) is 11.3. The van der Waals surface area contributed by atoms with Crippen molar-refractivity contribution in [3.63, 3.8) is 0 Å². The molecule has 0 saturated heterocycles. The van der Waals surface area contributed by atoms with E-state index in [0.29, 0.717) is 58.3 Å². The quantitative estimate of drug-likeness (QED) is 0.110. The van der Waals surface area contributed by atoms with Gasteiger partial charge in [-0.25, -0.2) is 0 Å². The summed E-state index contributed by atoms with van der Waals surface area (Å²) in [7, 11) is 0. The number of rotatable bonds is 17. The minimum Gasteiger partial charge on any atom is -0.355 e. The van der Waals surface area contributed by atoms with Crippen LogP contribution in [-0.4, -0.2) is 62.0 Å².